The molecule has 0 aromatic heterocycles. The minimum Gasteiger partial charge on any atom is -0.0806 e. The van der Waals surface area contributed by atoms with Gasteiger partial charge in [0, 0.05) is 0 Å². The lowest BCUT2D eigenvalue weighted by molar-refractivity contribution is 1.18. The van der Waals surface area contributed by atoms with E-state index >= 15 is 0 Å². The molecule has 2 heteroatoms. The Balaban J connectivity index is 1.66. The van der Waals surface area contributed by atoms with Gasteiger partial charge < -0.3 is 0 Å². The molecule has 0 saturated carbocycles. The Labute approximate surface area is 193 Å². The Bertz CT molecular complexity index is 1190. The largest absolute Gasteiger partial charge is 0.102 e. The van der Waals surface area contributed by atoms with Crippen LogP contribution in [0, 0.1) is 0 Å². The van der Waals surface area contributed by atoms with Crippen molar-refractivity contribution in [3.8, 4) is 11.1 Å². The smallest absolute Gasteiger partial charge is 0.0806 e. The molecule has 0 atom stereocenters. The van der Waals surface area contributed by atoms with Crippen LogP contribution in [0.4, 0.5) is 0 Å². The lowest BCUT2D eigenvalue weighted by Gasteiger charge is -2.53. The fourth-order valence-electron chi connectivity index (χ4n) is 6.99. The predicted molar refractivity (Wildman–Crippen MR) is 144 cm³/mol. The average molecular weight is 447 g/mol. The highest BCUT2D eigenvalue weighted by molar-refractivity contribution is 7.48. The van der Waals surface area contributed by atoms with Crippen LogP contribution in [-0.4, -0.2) is 15.2 Å². The molecule has 0 bridgehead atoms. The van der Waals surface area contributed by atoms with Crippen molar-refractivity contribution in [2.45, 2.75) is 36.1 Å². The van der Waals surface area contributed by atoms with Crippen LogP contribution in [0.25, 0.3) is 11.1 Å². The molecular formula is C30H30Si2. The summed E-state index contributed by atoms with van der Waals surface area (Å²) in [4.78, 5) is 0. The summed E-state index contributed by atoms with van der Waals surface area (Å²) >= 11 is 0. The standard InChI is InChI=1S/C30H30Si2/c1-31(2,24-13-4-5-14-24)32(25-15-6-7-16-25,26-17-8-9-18-26)30-21-11-20-28-27-19-10-3-12-23(27)22-29(28)30/h3-21,24-26H,22H2,1-2H3. The molecule has 0 heterocycles. The molecule has 0 radical (unpaired) electrons. The fourth-order valence-corrected chi connectivity index (χ4v) is 26.4. The maximum absolute atomic E-state index is 2.70. The number of benzene rings is 2. The molecule has 0 unspecified atom stereocenters. The normalized spacial score (nSPS) is 19.6. The second kappa shape index (κ2) is 7.43. The first-order chi connectivity index (χ1) is 15.6. The molecule has 6 rings (SSSR count). The van der Waals surface area contributed by atoms with Crippen LogP contribution in [0.15, 0.2) is 115 Å². The van der Waals surface area contributed by atoms with Gasteiger partial charge in [0.1, 0.15) is 7.59 Å². The maximum Gasteiger partial charge on any atom is 0.102 e. The summed E-state index contributed by atoms with van der Waals surface area (Å²) in [6.07, 6.45) is 30.0. The number of fused-ring (bicyclic) bond motifs is 3. The third-order valence-corrected chi connectivity index (χ3v) is 27.1. The second-order valence-electron chi connectivity index (χ2n) is 10.1. The van der Waals surface area contributed by atoms with Crippen LogP contribution in [0.3, 0.4) is 0 Å². The van der Waals surface area contributed by atoms with E-state index in [1.165, 1.54) is 16.7 Å². The Morgan fingerprint density at radius 3 is 1.75 bits per heavy atom. The fraction of sp³-hybridized carbons (Fsp3) is 0.200. The van der Waals surface area contributed by atoms with Gasteiger partial charge in [-0.25, -0.2) is 0 Å². The van der Waals surface area contributed by atoms with Gasteiger partial charge in [-0.3, -0.25) is 0 Å². The molecule has 2 aromatic rings. The van der Waals surface area contributed by atoms with Crippen molar-refractivity contribution in [3.05, 3.63) is 127 Å². The summed E-state index contributed by atoms with van der Waals surface area (Å²) < 4.78 is 0. The molecule has 158 valence electrons. The first-order valence-electron chi connectivity index (χ1n) is 11.9. The summed E-state index contributed by atoms with van der Waals surface area (Å²) in [6.45, 7) is 5.40. The monoisotopic (exact) mass is 446 g/mol. The molecule has 0 amide bonds. The van der Waals surface area contributed by atoms with E-state index < -0.39 is 15.2 Å². The van der Waals surface area contributed by atoms with Crippen LogP contribution in [-0.2, 0) is 6.42 Å². The number of hydrogen-bond acceptors (Lipinski definition) is 0. The van der Waals surface area contributed by atoms with E-state index in [4.69, 9.17) is 0 Å². The molecule has 4 aliphatic rings. The van der Waals surface area contributed by atoms with Gasteiger partial charge in [-0.1, -0.05) is 134 Å². The molecule has 0 fully saturated rings. The molecule has 0 nitrogen and oxygen atoms in total. The van der Waals surface area contributed by atoms with Gasteiger partial charge in [0.15, 0.2) is 0 Å². The van der Waals surface area contributed by atoms with Crippen LogP contribution in [0.5, 0.6) is 0 Å². The highest BCUT2D eigenvalue weighted by atomic mass is 29.3. The average Bonchev–Trinajstić information content (AvgIpc) is 3.62. The zero-order valence-electron chi connectivity index (χ0n) is 18.9. The Morgan fingerprint density at radius 1 is 0.594 bits per heavy atom. The molecule has 4 aliphatic carbocycles. The van der Waals surface area contributed by atoms with Crippen molar-refractivity contribution in [3.63, 3.8) is 0 Å². The molecule has 0 N–H and O–H groups in total. The summed E-state index contributed by atoms with van der Waals surface area (Å²) in [7, 11) is -3.91. The van der Waals surface area contributed by atoms with Crippen LogP contribution in [0.1, 0.15) is 11.1 Å². The first-order valence-corrected chi connectivity index (χ1v) is 18.1. The highest BCUT2D eigenvalue weighted by Gasteiger charge is 2.60. The predicted octanol–water partition coefficient (Wildman–Crippen LogP) is 7.19. The van der Waals surface area contributed by atoms with Crippen molar-refractivity contribution in [2.24, 2.45) is 0 Å². The zero-order valence-corrected chi connectivity index (χ0v) is 20.9. The van der Waals surface area contributed by atoms with Gasteiger partial charge in [-0.05, 0) is 45.3 Å². The van der Waals surface area contributed by atoms with Crippen molar-refractivity contribution >= 4 is 20.4 Å². The maximum atomic E-state index is 2.70. The van der Waals surface area contributed by atoms with E-state index in [0.717, 1.165) is 6.42 Å². The number of hydrogen-bond donors (Lipinski definition) is 0. The van der Waals surface area contributed by atoms with Gasteiger partial charge >= 0.3 is 0 Å². The second-order valence-corrected chi connectivity index (χ2v) is 24.2. The van der Waals surface area contributed by atoms with Crippen molar-refractivity contribution < 1.29 is 0 Å². The van der Waals surface area contributed by atoms with E-state index in [1.54, 1.807) is 10.8 Å². The molecule has 0 aliphatic heterocycles. The zero-order chi connectivity index (χ0) is 21.8. The SMILES string of the molecule is C[Si](C)(C1C=CC=C1)[Si](c1cccc2c1Cc1ccccc1-2)(C1C=CC=C1)C1C=CC=C1. The highest BCUT2D eigenvalue weighted by Crippen LogP contribution is 2.52. The van der Waals surface area contributed by atoms with Gasteiger partial charge in [0.25, 0.3) is 0 Å². The van der Waals surface area contributed by atoms with Crippen LogP contribution >= 0.6 is 0 Å². The minimum absolute atomic E-state index is 0.541. The van der Waals surface area contributed by atoms with E-state index in [2.05, 4.69) is 128 Å². The van der Waals surface area contributed by atoms with Crippen molar-refractivity contribution in [2.75, 3.05) is 0 Å². The molecule has 32 heavy (non-hydrogen) atoms. The third-order valence-electron chi connectivity index (χ3n) is 8.49. The van der Waals surface area contributed by atoms with E-state index in [0.29, 0.717) is 16.6 Å². The molecule has 0 spiro atoms. The summed E-state index contributed by atoms with van der Waals surface area (Å²) in [5.41, 5.74) is 7.72. The topological polar surface area (TPSA) is 0 Å². The molecule has 2 aromatic carbocycles. The minimum atomic E-state index is -2.11. The van der Waals surface area contributed by atoms with E-state index in [-0.39, 0.29) is 0 Å². The van der Waals surface area contributed by atoms with E-state index in [9.17, 15) is 0 Å². The van der Waals surface area contributed by atoms with Crippen molar-refractivity contribution in [1.29, 1.82) is 0 Å². The van der Waals surface area contributed by atoms with Crippen molar-refractivity contribution in [1.82, 2.24) is 0 Å². The Morgan fingerprint density at radius 2 is 1.12 bits per heavy atom. The molecular weight excluding hydrogens is 417 g/mol. The van der Waals surface area contributed by atoms with E-state index in [1.807, 2.05) is 0 Å². The lowest BCUT2D eigenvalue weighted by atomic mass is 10.1. The summed E-state index contributed by atoms with van der Waals surface area (Å²) in [5, 5.41) is 1.72. The van der Waals surface area contributed by atoms with Gasteiger partial charge in [-0.2, -0.15) is 0 Å². The number of allylic oxidation sites excluding steroid dienone is 12. The first kappa shape index (κ1) is 20.0. The van der Waals surface area contributed by atoms with Crippen LogP contribution < -0.4 is 5.19 Å². The Kier molecular flexibility index (Phi) is 4.64. The van der Waals surface area contributed by atoms with Crippen LogP contribution in [0.2, 0.25) is 29.7 Å². The molecule has 0 saturated heterocycles. The summed E-state index contributed by atoms with van der Waals surface area (Å²) in [5.74, 6) is 0. The van der Waals surface area contributed by atoms with Gasteiger partial charge in [-0.15, -0.1) is 0 Å². The third kappa shape index (κ3) is 2.66. The summed E-state index contributed by atoms with van der Waals surface area (Å²) in [6, 6.07) is 16.3. The number of rotatable bonds is 5. The Hall–Kier alpha value is -2.69. The quantitative estimate of drug-likeness (QED) is 0.364. The lowest BCUT2D eigenvalue weighted by Crippen LogP contribution is -2.72. The van der Waals surface area contributed by atoms with Gasteiger partial charge in [0.05, 0.1) is 7.59 Å². The van der Waals surface area contributed by atoms with Gasteiger partial charge in [0.2, 0.25) is 0 Å².